The van der Waals surface area contributed by atoms with Crippen LogP contribution in [0.3, 0.4) is 0 Å². The predicted molar refractivity (Wildman–Crippen MR) is 96.7 cm³/mol. The first-order valence-electron chi connectivity index (χ1n) is 7.62. The van der Waals surface area contributed by atoms with Gasteiger partial charge in [-0.3, -0.25) is 9.52 Å². The highest BCUT2D eigenvalue weighted by molar-refractivity contribution is 7.92. The van der Waals surface area contributed by atoms with Crippen molar-refractivity contribution in [2.45, 2.75) is 26.8 Å². The van der Waals surface area contributed by atoms with Crippen molar-refractivity contribution >= 4 is 21.6 Å². The molecule has 2 rings (SSSR count). The lowest BCUT2D eigenvalue weighted by atomic mass is 10.0. The highest BCUT2D eigenvalue weighted by atomic mass is 32.2. The molecule has 0 aromatic heterocycles. The number of rotatable bonds is 5. The molecule has 0 radical (unpaired) electrons. The van der Waals surface area contributed by atoms with Gasteiger partial charge in [0.15, 0.2) is 0 Å². The number of carbonyl (C=O) groups excluding carboxylic acids is 1. The average molecular weight is 346 g/mol. The Morgan fingerprint density at radius 2 is 1.71 bits per heavy atom. The van der Waals surface area contributed by atoms with Crippen LogP contribution in [0.15, 0.2) is 42.5 Å². The molecule has 2 aromatic carbocycles. The topological polar surface area (TPSA) is 75.3 Å². The number of carbonyl (C=O) groups is 1. The molecule has 2 N–H and O–H groups in total. The zero-order valence-electron chi connectivity index (χ0n) is 14.3. The molecule has 1 unspecified atom stereocenters. The number of aryl methyl sites for hydroxylation is 2. The summed E-state index contributed by atoms with van der Waals surface area (Å²) < 4.78 is 25.3. The van der Waals surface area contributed by atoms with Gasteiger partial charge in [-0.15, -0.1) is 0 Å². The Morgan fingerprint density at radius 1 is 1.04 bits per heavy atom. The molecule has 0 aliphatic carbocycles. The van der Waals surface area contributed by atoms with Crippen LogP contribution in [0.25, 0.3) is 0 Å². The fourth-order valence-corrected chi connectivity index (χ4v) is 3.12. The molecule has 0 aliphatic heterocycles. The summed E-state index contributed by atoms with van der Waals surface area (Å²) >= 11 is 0. The maximum Gasteiger partial charge on any atom is 0.251 e. The van der Waals surface area contributed by atoms with Gasteiger partial charge in [0.25, 0.3) is 5.91 Å². The molecule has 0 heterocycles. The van der Waals surface area contributed by atoms with Gasteiger partial charge >= 0.3 is 0 Å². The van der Waals surface area contributed by atoms with E-state index in [1.165, 1.54) is 0 Å². The van der Waals surface area contributed by atoms with Gasteiger partial charge in [-0.1, -0.05) is 30.3 Å². The normalized spacial score (nSPS) is 12.5. The molecule has 0 aliphatic rings. The highest BCUT2D eigenvalue weighted by Crippen LogP contribution is 2.20. The lowest BCUT2D eigenvalue weighted by Crippen LogP contribution is -2.27. The smallest absolute Gasteiger partial charge is 0.251 e. The Morgan fingerprint density at radius 3 is 2.33 bits per heavy atom. The van der Waals surface area contributed by atoms with E-state index in [0.717, 1.165) is 22.9 Å². The quantitative estimate of drug-likeness (QED) is 0.873. The second-order valence-electron chi connectivity index (χ2n) is 5.96. The second kappa shape index (κ2) is 7.05. The number of benzene rings is 2. The molecule has 0 bridgehead atoms. The van der Waals surface area contributed by atoms with Gasteiger partial charge in [0.2, 0.25) is 10.0 Å². The van der Waals surface area contributed by atoms with E-state index >= 15 is 0 Å². The predicted octanol–water partition coefficient (Wildman–Crippen LogP) is 3.17. The molecule has 2 aromatic rings. The molecule has 1 amide bonds. The summed E-state index contributed by atoms with van der Waals surface area (Å²) in [5, 5.41) is 2.95. The van der Waals surface area contributed by atoms with Crippen LogP contribution in [0.4, 0.5) is 5.69 Å². The minimum atomic E-state index is -3.40. The minimum Gasteiger partial charge on any atom is -0.346 e. The van der Waals surface area contributed by atoms with Gasteiger partial charge in [0, 0.05) is 5.56 Å². The molecule has 5 nitrogen and oxygen atoms in total. The molecule has 24 heavy (non-hydrogen) atoms. The summed E-state index contributed by atoms with van der Waals surface area (Å²) in [5.74, 6) is -0.248. The standard InChI is InChI=1S/C18H22N2O3S/c1-12-7-5-6-8-16(12)14(3)19-18(21)15-10-9-13(2)17(11-15)20-24(4,22)23/h5-11,14,20H,1-4H3,(H,19,21). The number of hydrogen-bond acceptors (Lipinski definition) is 3. The van der Waals surface area contributed by atoms with E-state index in [4.69, 9.17) is 0 Å². The first kappa shape index (κ1) is 18.0. The average Bonchev–Trinajstić information content (AvgIpc) is 2.48. The van der Waals surface area contributed by atoms with Crippen LogP contribution in [-0.2, 0) is 10.0 Å². The van der Waals surface area contributed by atoms with Crippen LogP contribution in [0, 0.1) is 13.8 Å². The Labute approximate surface area is 143 Å². The van der Waals surface area contributed by atoms with Crippen LogP contribution in [0.1, 0.15) is 40.0 Å². The monoisotopic (exact) mass is 346 g/mol. The lowest BCUT2D eigenvalue weighted by Gasteiger charge is -2.17. The Hall–Kier alpha value is -2.34. The Balaban J connectivity index is 2.21. The first-order valence-corrected chi connectivity index (χ1v) is 9.51. The summed E-state index contributed by atoms with van der Waals surface area (Å²) in [6.07, 6.45) is 1.08. The molecule has 128 valence electrons. The van der Waals surface area contributed by atoms with Crippen molar-refractivity contribution in [2.75, 3.05) is 11.0 Å². The molecule has 0 fully saturated rings. The van der Waals surface area contributed by atoms with Crippen LogP contribution in [-0.4, -0.2) is 20.6 Å². The van der Waals surface area contributed by atoms with Crippen LogP contribution >= 0.6 is 0 Å². The fraction of sp³-hybridized carbons (Fsp3) is 0.278. The first-order chi connectivity index (χ1) is 11.2. The highest BCUT2D eigenvalue weighted by Gasteiger charge is 2.14. The maximum absolute atomic E-state index is 12.5. The van der Waals surface area contributed by atoms with Crippen molar-refractivity contribution < 1.29 is 13.2 Å². The third kappa shape index (κ3) is 4.58. The summed E-state index contributed by atoms with van der Waals surface area (Å²) in [7, 11) is -3.40. The summed E-state index contributed by atoms with van der Waals surface area (Å²) in [5.41, 5.74) is 3.73. The molecule has 0 saturated heterocycles. The second-order valence-corrected chi connectivity index (χ2v) is 7.70. The molecule has 0 saturated carbocycles. The largest absolute Gasteiger partial charge is 0.346 e. The van der Waals surface area contributed by atoms with E-state index in [1.54, 1.807) is 25.1 Å². The number of nitrogens with one attached hydrogen (secondary N) is 2. The van der Waals surface area contributed by atoms with Gasteiger partial charge < -0.3 is 5.32 Å². The van der Waals surface area contributed by atoms with Gasteiger partial charge in [-0.25, -0.2) is 8.42 Å². The Kier molecular flexibility index (Phi) is 5.29. The van der Waals surface area contributed by atoms with Crippen molar-refractivity contribution in [3.63, 3.8) is 0 Å². The summed E-state index contributed by atoms with van der Waals surface area (Å²) in [4.78, 5) is 12.5. The summed E-state index contributed by atoms with van der Waals surface area (Å²) in [6, 6.07) is 12.7. The van der Waals surface area contributed by atoms with Gasteiger partial charge in [-0.05, 0) is 49.6 Å². The van der Waals surface area contributed by atoms with Crippen molar-refractivity contribution in [3.8, 4) is 0 Å². The third-order valence-electron chi connectivity index (χ3n) is 3.80. The number of sulfonamides is 1. The molecule has 1 atom stereocenters. The lowest BCUT2D eigenvalue weighted by molar-refractivity contribution is 0.0940. The molecule has 6 heteroatoms. The molecule has 0 spiro atoms. The number of hydrogen-bond donors (Lipinski definition) is 2. The van der Waals surface area contributed by atoms with E-state index in [0.29, 0.717) is 11.3 Å². The summed E-state index contributed by atoms with van der Waals surface area (Å²) in [6.45, 7) is 5.70. The van der Waals surface area contributed by atoms with Crippen LogP contribution in [0.2, 0.25) is 0 Å². The Bertz CT molecular complexity index is 860. The fourth-order valence-electron chi connectivity index (χ4n) is 2.50. The number of amides is 1. The van der Waals surface area contributed by atoms with E-state index < -0.39 is 10.0 Å². The zero-order chi connectivity index (χ0) is 17.9. The third-order valence-corrected chi connectivity index (χ3v) is 4.39. The van der Waals surface area contributed by atoms with Gasteiger partial charge in [0.05, 0.1) is 18.0 Å². The van der Waals surface area contributed by atoms with Gasteiger partial charge in [0.1, 0.15) is 0 Å². The van der Waals surface area contributed by atoms with E-state index in [-0.39, 0.29) is 11.9 Å². The van der Waals surface area contributed by atoms with E-state index in [9.17, 15) is 13.2 Å². The molecular formula is C18H22N2O3S. The maximum atomic E-state index is 12.5. The van der Waals surface area contributed by atoms with Crippen molar-refractivity contribution in [2.24, 2.45) is 0 Å². The van der Waals surface area contributed by atoms with Crippen LogP contribution < -0.4 is 10.0 Å². The van der Waals surface area contributed by atoms with Gasteiger partial charge in [-0.2, -0.15) is 0 Å². The SMILES string of the molecule is Cc1ccc(C(=O)NC(C)c2ccccc2C)cc1NS(C)(=O)=O. The van der Waals surface area contributed by atoms with Crippen molar-refractivity contribution in [3.05, 3.63) is 64.7 Å². The number of anilines is 1. The van der Waals surface area contributed by atoms with E-state index in [2.05, 4.69) is 10.0 Å². The van der Waals surface area contributed by atoms with Crippen molar-refractivity contribution in [1.82, 2.24) is 5.32 Å². The zero-order valence-corrected chi connectivity index (χ0v) is 15.1. The van der Waals surface area contributed by atoms with E-state index in [1.807, 2.05) is 38.1 Å². The van der Waals surface area contributed by atoms with Crippen LogP contribution in [0.5, 0.6) is 0 Å². The minimum absolute atomic E-state index is 0.147. The molecular weight excluding hydrogens is 324 g/mol. The van der Waals surface area contributed by atoms with Crippen molar-refractivity contribution in [1.29, 1.82) is 0 Å².